The number of nitrogens with zero attached hydrogens (tertiary/aromatic N) is 3. The second-order valence-electron chi connectivity index (χ2n) is 5.86. The molecule has 0 saturated carbocycles. The minimum absolute atomic E-state index is 0.284. The molecule has 0 bridgehead atoms. The molecule has 124 valence electrons. The molecule has 0 unspecified atom stereocenters. The van der Waals surface area contributed by atoms with Crippen LogP contribution in [0.1, 0.15) is 21.7 Å². The minimum atomic E-state index is 0.284. The zero-order chi connectivity index (χ0) is 17.8. The molecule has 2 aromatic carbocycles. The number of aromatic nitrogens is 1. The van der Waals surface area contributed by atoms with E-state index in [9.17, 15) is 5.26 Å². The molecule has 4 nitrogen and oxygen atoms in total. The van der Waals surface area contributed by atoms with Gasteiger partial charge in [0.25, 0.3) is 0 Å². The Bertz CT molecular complexity index is 942. The smallest absolute Gasteiger partial charge is 0.196 e. The van der Waals surface area contributed by atoms with E-state index in [1.165, 1.54) is 16.9 Å². The average molecular weight is 346 g/mol. The molecule has 0 amide bonds. The van der Waals surface area contributed by atoms with Crippen LogP contribution < -0.4 is 5.43 Å². The molecule has 0 spiro atoms. The second-order valence-corrected chi connectivity index (χ2v) is 6.72. The predicted octanol–water partition coefficient (Wildman–Crippen LogP) is 5.08. The van der Waals surface area contributed by atoms with Crippen LogP contribution in [0.2, 0.25) is 0 Å². The molecule has 0 atom stereocenters. The van der Waals surface area contributed by atoms with Crippen LogP contribution in [0.15, 0.2) is 52.9 Å². The largest absolute Gasteiger partial charge is 0.277 e. The number of anilines is 1. The molecule has 1 heterocycles. The van der Waals surface area contributed by atoms with Crippen molar-refractivity contribution in [3.8, 4) is 17.3 Å². The highest BCUT2D eigenvalue weighted by molar-refractivity contribution is 7.12. The number of hydrazone groups is 1. The Morgan fingerprint density at radius 3 is 2.44 bits per heavy atom. The van der Waals surface area contributed by atoms with Gasteiger partial charge in [-0.25, -0.2) is 4.98 Å². The number of nitriles is 1. The van der Waals surface area contributed by atoms with Crippen LogP contribution in [0, 0.1) is 32.1 Å². The highest BCUT2D eigenvalue weighted by atomic mass is 32.1. The number of hydrogen-bond acceptors (Lipinski definition) is 5. The molecule has 25 heavy (non-hydrogen) atoms. The van der Waals surface area contributed by atoms with Gasteiger partial charge >= 0.3 is 0 Å². The summed E-state index contributed by atoms with van der Waals surface area (Å²) in [7, 11) is 0. The van der Waals surface area contributed by atoms with Gasteiger partial charge in [-0.2, -0.15) is 10.4 Å². The normalized spacial score (nSPS) is 11.2. The molecule has 0 radical (unpaired) electrons. The highest BCUT2D eigenvalue weighted by Crippen LogP contribution is 2.24. The zero-order valence-corrected chi connectivity index (χ0v) is 15.2. The van der Waals surface area contributed by atoms with Crippen molar-refractivity contribution in [3.05, 3.63) is 69.5 Å². The molecule has 0 saturated heterocycles. The molecule has 5 heteroatoms. The van der Waals surface area contributed by atoms with Crippen molar-refractivity contribution in [3.63, 3.8) is 0 Å². The van der Waals surface area contributed by atoms with E-state index >= 15 is 0 Å². The standard InChI is InChI=1S/C20H18N4S/c1-13-9-14(2)19(15(3)10-13)24-23-17(11-21)20-22-18(12-25-20)16-7-5-4-6-8-16/h4-10,12,24H,1-3H3/b23-17-. The van der Waals surface area contributed by atoms with E-state index in [2.05, 4.69) is 40.6 Å². The van der Waals surface area contributed by atoms with E-state index in [1.807, 2.05) is 49.6 Å². The predicted molar refractivity (Wildman–Crippen MR) is 104 cm³/mol. The molecule has 3 rings (SSSR count). The van der Waals surface area contributed by atoms with Crippen molar-refractivity contribution in [2.75, 3.05) is 5.43 Å². The summed E-state index contributed by atoms with van der Waals surface area (Å²) in [5.74, 6) is 0. The van der Waals surface area contributed by atoms with Gasteiger partial charge in [0.15, 0.2) is 10.7 Å². The monoisotopic (exact) mass is 346 g/mol. The number of aryl methyl sites for hydroxylation is 3. The molecule has 0 fully saturated rings. The fourth-order valence-corrected chi connectivity index (χ4v) is 3.48. The Morgan fingerprint density at radius 1 is 1.12 bits per heavy atom. The van der Waals surface area contributed by atoms with E-state index in [0.717, 1.165) is 28.1 Å². The molecule has 0 aliphatic rings. The molecule has 3 aromatic rings. The van der Waals surface area contributed by atoms with Gasteiger partial charge in [-0.05, 0) is 31.9 Å². The summed E-state index contributed by atoms with van der Waals surface area (Å²) in [5.41, 5.74) is 9.54. The lowest BCUT2D eigenvalue weighted by Crippen LogP contribution is -2.03. The quantitative estimate of drug-likeness (QED) is 0.529. The van der Waals surface area contributed by atoms with Gasteiger partial charge in [0.2, 0.25) is 0 Å². The van der Waals surface area contributed by atoms with Crippen molar-refractivity contribution in [1.82, 2.24) is 4.98 Å². The molecule has 1 N–H and O–H groups in total. The number of hydrogen-bond donors (Lipinski definition) is 1. The lowest BCUT2D eigenvalue weighted by atomic mass is 10.1. The summed E-state index contributed by atoms with van der Waals surface area (Å²) in [6.07, 6.45) is 0. The first kappa shape index (κ1) is 16.9. The molecule has 0 aliphatic carbocycles. The van der Waals surface area contributed by atoms with Crippen LogP contribution in [0.4, 0.5) is 5.69 Å². The first-order valence-corrected chi connectivity index (χ1v) is 8.79. The first-order chi connectivity index (χ1) is 12.1. The summed E-state index contributed by atoms with van der Waals surface area (Å²) in [5, 5.41) is 16.3. The van der Waals surface area contributed by atoms with Crippen molar-refractivity contribution >= 4 is 22.7 Å². The topological polar surface area (TPSA) is 61.1 Å². The number of nitrogens with one attached hydrogen (secondary N) is 1. The van der Waals surface area contributed by atoms with E-state index < -0.39 is 0 Å². The first-order valence-electron chi connectivity index (χ1n) is 7.91. The van der Waals surface area contributed by atoms with Gasteiger partial charge in [0.1, 0.15) is 6.07 Å². The van der Waals surface area contributed by atoms with Gasteiger partial charge in [0, 0.05) is 10.9 Å². The Morgan fingerprint density at radius 2 is 1.80 bits per heavy atom. The summed E-state index contributed by atoms with van der Waals surface area (Å²) >= 11 is 1.42. The summed E-state index contributed by atoms with van der Waals surface area (Å²) < 4.78 is 0. The third-order valence-electron chi connectivity index (χ3n) is 3.84. The summed E-state index contributed by atoms with van der Waals surface area (Å²) in [4.78, 5) is 4.55. The Labute approximate surface area is 151 Å². The van der Waals surface area contributed by atoms with Crippen LogP contribution in [0.5, 0.6) is 0 Å². The van der Waals surface area contributed by atoms with Gasteiger partial charge in [-0.3, -0.25) is 5.43 Å². The Balaban J connectivity index is 1.88. The van der Waals surface area contributed by atoms with Gasteiger partial charge in [-0.1, -0.05) is 48.0 Å². The van der Waals surface area contributed by atoms with Crippen molar-refractivity contribution < 1.29 is 0 Å². The molecular formula is C20H18N4S. The molecule has 1 aromatic heterocycles. The van der Waals surface area contributed by atoms with Crippen molar-refractivity contribution in [2.45, 2.75) is 20.8 Å². The maximum absolute atomic E-state index is 9.47. The SMILES string of the molecule is Cc1cc(C)c(N/N=C(/C#N)c2nc(-c3ccccc3)cs2)c(C)c1. The number of rotatable bonds is 4. The number of thiazole rings is 1. The van der Waals surface area contributed by atoms with Crippen LogP contribution >= 0.6 is 11.3 Å². The minimum Gasteiger partial charge on any atom is -0.277 e. The van der Waals surface area contributed by atoms with E-state index in [4.69, 9.17) is 0 Å². The summed E-state index contributed by atoms with van der Waals surface area (Å²) in [6.45, 7) is 6.12. The van der Waals surface area contributed by atoms with Crippen LogP contribution in [0.25, 0.3) is 11.3 Å². The average Bonchev–Trinajstić information content (AvgIpc) is 3.08. The Kier molecular flexibility index (Phi) is 4.92. The van der Waals surface area contributed by atoms with Crippen molar-refractivity contribution in [1.29, 1.82) is 5.26 Å². The lowest BCUT2D eigenvalue weighted by Gasteiger charge is -2.10. The van der Waals surface area contributed by atoms with E-state index in [-0.39, 0.29) is 5.71 Å². The molecule has 0 aliphatic heterocycles. The maximum atomic E-state index is 9.47. The van der Waals surface area contributed by atoms with Crippen LogP contribution in [-0.4, -0.2) is 10.7 Å². The van der Waals surface area contributed by atoms with Gasteiger partial charge < -0.3 is 0 Å². The Hall–Kier alpha value is -2.97. The van der Waals surface area contributed by atoms with Gasteiger partial charge in [-0.15, -0.1) is 11.3 Å². The zero-order valence-electron chi connectivity index (χ0n) is 14.4. The fraction of sp³-hybridized carbons (Fsp3) is 0.150. The summed E-state index contributed by atoms with van der Waals surface area (Å²) in [6, 6.07) is 16.2. The van der Waals surface area contributed by atoms with Crippen molar-refractivity contribution in [2.24, 2.45) is 5.10 Å². The van der Waals surface area contributed by atoms with Crippen LogP contribution in [-0.2, 0) is 0 Å². The van der Waals surface area contributed by atoms with E-state index in [1.54, 1.807) is 0 Å². The van der Waals surface area contributed by atoms with Crippen LogP contribution in [0.3, 0.4) is 0 Å². The fourth-order valence-electron chi connectivity index (χ4n) is 2.71. The van der Waals surface area contributed by atoms with Gasteiger partial charge in [0.05, 0.1) is 11.4 Å². The maximum Gasteiger partial charge on any atom is 0.196 e. The highest BCUT2D eigenvalue weighted by Gasteiger charge is 2.11. The third-order valence-corrected chi connectivity index (χ3v) is 4.69. The molecular weight excluding hydrogens is 328 g/mol. The third kappa shape index (κ3) is 3.76. The number of benzene rings is 2. The van der Waals surface area contributed by atoms with E-state index in [0.29, 0.717) is 5.01 Å². The second kappa shape index (κ2) is 7.29. The lowest BCUT2D eigenvalue weighted by molar-refractivity contribution is 1.24.